The Kier molecular flexibility index (Phi) is 5.22. The Bertz CT molecular complexity index is 1250. The van der Waals surface area contributed by atoms with Crippen LogP contribution < -0.4 is 14.9 Å². The van der Waals surface area contributed by atoms with Gasteiger partial charge in [-0.05, 0) is 30.3 Å². The number of nitro benzene ring substituents is 1. The number of hydrogen-bond acceptors (Lipinski definition) is 8. The Morgan fingerprint density at radius 2 is 2.03 bits per heavy atom. The second-order valence-electron chi connectivity index (χ2n) is 6.21. The highest BCUT2D eigenvalue weighted by Gasteiger charge is 2.18. The molecular formula is C20H15N5O4S. The number of methoxy groups -OCH3 is 1. The molecule has 0 aliphatic carbocycles. The molecule has 9 nitrogen and oxygen atoms in total. The number of anilines is 2. The fourth-order valence-corrected chi connectivity index (χ4v) is 3.60. The molecule has 0 saturated carbocycles. The Labute approximate surface area is 174 Å². The SMILES string of the molecule is COc1ccc(Nc2[nH]c(=O)sc2/C=C2/C=NN=C2c2cccc([N+](=O)[O-])c2)cc1. The smallest absolute Gasteiger partial charge is 0.306 e. The highest BCUT2D eigenvalue weighted by Crippen LogP contribution is 2.26. The monoisotopic (exact) mass is 421 g/mol. The molecule has 0 atom stereocenters. The maximum atomic E-state index is 12.0. The van der Waals surface area contributed by atoms with Crippen LogP contribution in [0.15, 0.2) is 69.1 Å². The summed E-state index contributed by atoms with van der Waals surface area (Å²) in [5.41, 5.74) is 2.45. The molecule has 150 valence electrons. The normalized spacial score (nSPS) is 14.0. The molecule has 0 fully saturated rings. The Balaban J connectivity index is 1.65. The predicted octanol–water partition coefficient (Wildman–Crippen LogP) is 3.97. The molecule has 0 amide bonds. The van der Waals surface area contributed by atoms with Gasteiger partial charge in [0.05, 0.1) is 23.1 Å². The summed E-state index contributed by atoms with van der Waals surface area (Å²) in [4.78, 5) is 25.8. The Morgan fingerprint density at radius 1 is 1.23 bits per heavy atom. The molecule has 4 rings (SSSR count). The van der Waals surface area contributed by atoms with E-state index in [1.54, 1.807) is 31.5 Å². The minimum Gasteiger partial charge on any atom is -0.497 e. The highest BCUT2D eigenvalue weighted by molar-refractivity contribution is 7.10. The third kappa shape index (κ3) is 4.03. The number of nitrogens with zero attached hydrogens (tertiary/aromatic N) is 3. The predicted molar refractivity (Wildman–Crippen MR) is 117 cm³/mol. The van der Waals surface area contributed by atoms with Crippen molar-refractivity contribution >= 4 is 46.5 Å². The van der Waals surface area contributed by atoms with E-state index in [4.69, 9.17) is 4.74 Å². The second kappa shape index (κ2) is 8.13. The van der Waals surface area contributed by atoms with Crippen LogP contribution >= 0.6 is 11.3 Å². The van der Waals surface area contributed by atoms with Gasteiger partial charge in [0.1, 0.15) is 17.3 Å². The van der Waals surface area contributed by atoms with Crippen LogP contribution in [-0.4, -0.2) is 28.9 Å². The highest BCUT2D eigenvalue weighted by atomic mass is 32.1. The third-order valence-electron chi connectivity index (χ3n) is 4.28. The van der Waals surface area contributed by atoms with Gasteiger partial charge < -0.3 is 10.1 Å². The summed E-state index contributed by atoms with van der Waals surface area (Å²) in [7, 11) is 1.59. The average Bonchev–Trinajstić information content (AvgIpc) is 3.35. The van der Waals surface area contributed by atoms with Gasteiger partial charge in [-0.25, -0.2) is 0 Å². The minimum absolute atomic E-state index is 0.0328. The van der Waals surface area contributed by atoms with Crippen molar-refractivity contribution in [1.82, 2.24) is 4.98 Å². The lowest BCUT2D eigenvalue weighted by Crippen LogP contribution is -2.03. The topological polar surface area (TPSA) is 122 Å². The number of ether oxygens (including phenoxy) is 1. The first-order valence-electron chi connectivity index (χ1n) is 8.75. The molecule has 2 heterocycles. The Hall–Kier alpha value is -4.05. The molecule has 2 aromatic carbocycles. The number of allylic oxidation sites excluding steroid dienone is 1. The van der Waals surface area contributed by atoms with Crippen LogP contribution in [0.25, 0.3) is 6.08 Å². The fraction of sp³-hybridized carbons (Fsp3) is 0.0500. The minimum atomic E-state index is -0.460. The summed E-state index contributed by atoms with van der Waals surface area (Å²) < 4.78 is 5.15. The van der Waals surface area contributed by atoms with Gasteiger partial charge in [0.15, 0.2) is 0 Å². The number of hydrogen-bond donors (Lipinski definition) is 2. The first kappa shape index (κ1) is 19.3. The summed E-state index contributed by atoms with van der Waals surface area (Å²) in [6, 6.07) is 13.5. The number of aromatic nitrogens is 1. The molecule has 0 saturated heterocycles. The van der Waals surface area contributed by atoms with E-state index in [2.05, 4.69) is 20.5 Å². The summed E-state index contributed by atoms with van der Waals surface area (Å²) in [5, 5.41) is 22.3. The third-order valence-corrected chi connectivity index (χ3v) is 5.11. The maximum absolute atomic E-state index is 12.0. The standard InChI is InChI=1S/C20H15N5O4S/c1-29-16-7-5-14(6-8-16)22-19-17(30-20(26)23-19)10-13-11-21-24-18(13)12-3-2-4-15(9-12)25(27)28/h2-11,22H,1H3,(H,23,26)/b13-10-. The zero-order valence-corrected chi connectivity index (χ0v) is 16.5. The molecule has 10 heteroatoms. The van der Waals surface area contributed by atoms with Crippen LogP contribution in [0.4, 0.5) is 17.2 Å². The fourth-order valence-electron chi connectivity index (χ4n) is 2.86. The largest absolute Gasteiger partial charge is 0.497 e. The summed E-state index contributed by atoms with van der Waals surface area (Å²) in [6.45, 7) is 0. The molecule has 1 aliphatic rings. The van der Waals surface area contributed by atoms with E-state index in [9.17, 15) is 14.9 Å². The summed E-state index contributed by atoms with van der Waals surface area (Å²) >= 11 is 1.03. The molecule has 0 unspecified atom stereocenters. The molecule has 0 spiro atoms. The van der Waals surface area contributed by atoms with E-state index in [1.165, 1.54) is 12.1 Å². The maximum Gasteiger partial charge on any atom is 0.306 e. The van der Waals surface area contributed by atoms with E-state index in [0.29, 0.717) is 27.5 Å². The van der Waals surface area contributed by atoms with Crippen LogP contribution in [0.5, 0.6) is 5.75 Å². The molecular weight excluding hydrogens is 406 g/mol. The number of non-ortho nitro benzene ring substituents is 1. The van der Waals surface area contributed by atoms with Crippen molar-refractivity contribution in [3.8, 4) is 5.75 Å². The molecule has 1 aliphatic heterocycles. The van der Waals surface area contributed by atoms with Crippen LogP contribution in [0.1, 0.15) is 10.4 Å². The quantitative estimate of drug-likeness (QED) is 0.461. The van der Waals surface area contributed by atoms with Crippen LogP contribution in [-0.2, 0) is 0 Å². The summed E-state index contributed by atoms with van der Waals surface area (Å²) in [5.74, 6) is 1.25. The molecule has 0 bridgehead atoms. The van der Waals surface area contributed by atoms with Gasteiger partial charge in [-0.2, -0.15) is 5.10 Å². The molecule has 1 aromatic heterocycles. The van der Waals surface area contributed by atoms with Crippen molar-refractivity contribution in [2.24, 2.45) is 10.2 Å². The Morgan fingerprint density at radius 3 is 2.77 bits per heavy atom. The van der Waals surface area contributed by atoms with E-state index >= 15 is 0 Å². The van der Waals surface area contributed by atoms with Gasteiger partial charge >= 0.3 is 4.87 Å². The lowest BCUT2D eigenvalue weighted by atomic mass is 10.0. The number of benzene rings is 2. The molecule has 0 radical (unpaired) electrons. The van der Waals surface area contributed by atoms with Gasteiger partial charge in [0.2, 0.25) is 0 Å². The molecule has 30 heavy (non-hydrogen) atoms. The summed E-state index contributed by atoms with van der Waals surface area (Å²) in [6.07, 6.45) is 3.32. The van der Waals surface area contributed by atoms with Crippen molar-refractivity contribution in [1.29, 1.82) is 0 Å². The zero-order valence-electron chi connectivity index (χ0n) is 15.7. The van der Waals surface area contributed by atoms with Crippen LogP contribution in [0.2, 0.25) is 0 Å². The van der Waals surface area contributed by atoms with Crippen molar-refractivity contribution in [3.63, 3.8) is 0 Å². The van der Waals surface area contributed by atoms with E-state index < -0.39 is 4.92 Å². The van der Waals surface area contributed by atoms with Crippen molar-refractivity contribution in [3.05, 3.63) is 84.3 Å². The van der Waals surface area contributed by atoms with Gasteiger partial charge in [-0.1, -0.05) is 23.5 Å². The van der Waals surface area contributed by atoms with Crippen molar-refractivity contribution in [2.75, 3.05) is 12.4 Å². The number of aromatic amines is 1. The molecule has 3 aromatic rings. The number of nitro groups is 1. The van der Waals surface area contributed by atoms with Crippen molar-refractivity contribution < 1.29 is 9.66 Å². The lowest BCUT2D eigenvalue weighted by Gasteiger charge is -2.07. The molecule has 2 N–H and O–H groups in total. The first-order valence-corrected chi connectivity index (χ1v) is 9.57. The van der Waals surface area contributed by atoms with Gasteiger partial charge in [0.25, 0.3) is 5.69 Å². The van der Waals surface area contributed by atoms with Crippen LogP contribution in [0.3, 0.4) is 0 Å². The van der Waals surface area contributed by atoms with E-state index in [0.717, 1.165) is 22.8 Å². The van der Waals surface area contributed by atoms with E-state index in [1.807, 2.05) is 24.3 Å². The van der Waals surface area contributed by atoms with Gasteiger partial charge in [-0.15, -0.1) is 5.10 Å². The lowest BCUT2D eigenvalue weighted by molar-refractivity contribution is -0.384. The van der Waals surface area contributed by atoms with Crippen LogP contribution in [0, 0.1) is 10.1 Å². The van der Waals surface area contributed by atoms with Gasteiger partial charge in [0, 0.05) is 29.0 Å². The van der Waals surface area contributed by atoms with E-state index in [-0.39, 0.29) is 10.6 Å². The van der Waals surface area contributed by atoms with Crippen molar-refractivity contribution in [2.45, 2.75) is 0 Å². The number of thiazole rings is 1. The number of nitrogens with one attached hydrogen (secondary N) is 2. The second-order valence-corrected chi connectivity index (χ2v) is 7.22. The van der Waals surface area contributed by atoms with Gasteiger partial charge in [-0.3, -0.25) is 19.9 Å². The zero-order chi connectivity index (χ0) is 21.1. The number of H-pyrrole nitrogens is 1. The number of rotatable bonds is 6. The average molecular weight is 421 g/mol. The first-order chi connectivity index (χ1) is 14.5.